The van der Waals surface area contributed by atoms with Crippen LogP contribution in [0.3, 0.4) is 0 Å². The molecule has 2 aromatic carbocycles. The van der Waals surface area contributed by atoms with E-state index in [2.05, 4.69) is 34.3 Å². The molecule has 0 fully saturated rings. The summed E-state index contributed by atoms with van der Waals surface area (Å²) in [6, 6.07) is 20.2. The zero-order chi connectivity index (χ0) is 12.6. The van der Waals surface area contributed by atoms with Crippen molar-refractivity contribution in [3.05, 3.63) is 82.2 Å². The molecule has 0 N–H and O–H groups in total. The van der Waals surface area contributed by atoms with Crippen LogP contribution in [0.15, 0.2) is 65.8 Å². The van der Waals surface area contributed by atoms with Crippen LogP contribution in [0.1, 0.15) is 11.1 Å². The number of nitrogens with zero attached hydrogens (tertiary/aromatic N) is 3. The molecule has 3 nitrogen and oxygen atoms in total. The molecule has 0 amide bonds. The predicted molar refractivity (Wildman–Crippen MR) is 73.2 cm³/mol. The van der Waals surface area contributed by atoms with Gasteiger partial charge in [-0.3, -0.25) is 0 Å². The van der Waals surface area contributed by atoms with Crippen LogP contribution in [0.4, 0.5) is 0 Å². The van der Waals surface area contributed by atoms with Crippen LogP contribution in [0.2, 0.25) is 0 Å². The van der Waals surface area contributed by atoms with Crippen LogP contribution in [-0.4, -0.2) is 6.04 Å². The summed E-state index contributed by atoms with van der Waals surface area (Å²) in [4.78, 5) is 2.95. The Morgan fingerprint density at radius 3 is 1.67 bits per heavy atom. The third kappa shape index (κ3) is 3.65. The molecule has 0 aliphatic heterocycles. The van der Waals surface area contributed by atoms with Gasteiger partial charge in [0.15, 0.2) is 0 Å². The first kappa shape index (κ1) is 12.2. The molecule has 90 valence electrons. The van der Waals surface area contributed by atoms with Crippen molar-refractivity contribution in [2.24, 2.45) is 5.11 Å². The number of hydrogen-bond acceptors (Lipinski definition) is 1. The maximum Gasteiger partial charge on any atom is 0.0454 e. The van der Waals surface area contributed by atoms with E-state index in [-0.39, 0.29) is 6.04 Å². The fourth-order valence-electron chi connectivity index (χ4n) is 2.00. The highest BCUT2D eigenvalue weighted by Gasteiger charge is 2.08. The summed E-state index contributed by atoms with van der Waals surface area (Å²) in [5.74, 6) is 0. The second-order valence-corrected chi connectivity index (χ2v) is 4.24. The molecule has 18 heavy (non-hydrogen) atoms. The summed E-state index contributed by atoms with van der Waals surface area (Å²) in [5, 5.41) is 3.90. The van der Waals surface area contributed by atoms with E-state index in [1.54, 1.807) is 0 Å². The normalized spacial score (nSPS) is 10.1. The van der Waals surface area contributed by atoms with Crippen LogP contribution in [0, 0.1) is 0 Å². The first-order chi connectivity index (χ1) is 8.88. The molecule has 2 aromatic rings. The van der Waals surface area contributed by atoms with Crippen molar-refractivity contribution >= 4 is 0 Å². The minimum Gasteiger partial charge on any atom is -0.0899 e. The Morgan fingerprint density at radius 1 is 0.833 bits per heavy atom. The van der Waals surface area contributed by atoms with Crippen molar-refractivity contribution in [1.29, 1.82) is 0 Å². The van der Waals surface area contributed by atoms with Gasteiger partial charge >= 0.3 is 0 Å². The van der Waals surface area contributed by atoms with Crippen LogP contribution in [0.5, 0.6) is 0 Å². The van der Waals surface area contributed by atoms with E-state index in [1.165, 1.54) is 11.1 Å². The van der Waals surface area contributed by atoms with Gasteiger partial charge in [0.1, 0.15) is 0 Å². The molecule has 0 saturated carbocycles. The Hall–Kier alpha value is -2.25. The number of azide groups is 1. The summed E-state index contributed by atoms with van der Waals surface area (Å²) in [6.45, 7) is 0. The third-order valence-electron chi connectivity index (χ3n) is 2.84. The first-order valence-corrected chi connectivity index (χ1v) is 6.00. The minimum atomic E-state index is -0.0280. The molecule has 3 heteroatoms. The van der Waals surface area contributed by atoms with Crippen molar-refractivity contribution in [1.82, 2.24) is 0 Å². The second-order valence-electron chi connectivity index (χ2n) is 4.24. The van der Waals surface area contributed by atoms with Gasteiger partial charge in [0.2, 0.25) is 0 Å². The highest BCUT2D eigenvalue weighted by Crippen LogP contribution is 2.12. The molecule has 0 aliphatic carbocycles. The maximum absolute atomic E-state index is 8.65. The summed E-state index contributed by atoms with van der Waals surface area (Å²) in [6.07, 6.45) is 1.56. The number of rotatable bonds is 5. The quantitative estimate of drug-likeness (QED) is 0.426. The van der Waals surface area contributed by atoms with E-state index in [0.717, 1.165) is 12.8 Å². The van der Waals surface area contributed by atoms with Crippen LogP contribution >= 0.6 is 0 Å². The molecule has 0 aliphatic rings. The highest BCUT2D eigenvalue weighted by molar-refractivity contribution is 5.19. The number of benzene rings is 2. The average molecular weight is 237 g/mol. The van der Waals surface area contributed by atoms with Gasteiger partial charge in [0.25, 0.3) is 0 Å². The first-order valence-electron chi connectivity index (χ1n) is 6.00. The van der Waals surface area contributed by atoms with Gasteiger partial charge in [-0.15, -0.1) is 0 Å². The van der Waals surface area contributed by atoms with E-state index < -0.39 is 0 Å². The molecule has 0 aromatic heterocycles. The monoisotopic (exact) mass is 237 g/mol. The van der Waals surface area contributed by atoms with E-state index >= 15 is 0 Å². The van der Waals surface area contributed by atoms with Crippen molar-refractivity contribution in [2.45, 2.75) is 18.9 Å². The van der Waals surface area contributed by atoms with Gasteiger partial charge in [-0.25, -0.2) is 0 Å². The van der Waals surface area contributed by atoms with Crippen molar-refractivity contribution < 1.29 is 0 Å². The summed E-state index contributed by atoms with van der Waals surface area (Å²) < 4.78 is 0. The highest BCUT2D eigenvalue weighted by atomic mass is 15.1. The fraction of sp³-hybridized carbons (Fsp3) is 0.200. The van der Waals surface area contributed by atoms with Crippen molar-refractivity contribution in [3.8, 4) is 0 Å². The Labute approximate surface area is 107 Å². The van der Waals surface area contributed by atoms with Crippen LogP contribution in [-0.2, 0) is 12.8 Å². The minimum absolute atomic E-state index is 0.0280. The lowest BCUT2D eigenvalue weighted by Crippen LogP contribution is -2.11. The average Bonchev–Trinajstić information content (AvgIpc) is 2.41. The van der Waals surface area contributed by atoms with E-state index in [0.29, 0.717) is 0 Å². The lowest BCUT2D eigenvalue weighted by Gasteiger charge is -2.11. The summed E-state index contributed by atoms with van der Waals surface area (Å²) >= 11 is 0. The maximum atomic E-state index is 8.65. The fourth-order valence-corrected chi connectivity index (χ4v) is 2.00. The molecule has 0 heterocycles. The Morgan fingerprint density at radius 2 is 1.28 bits per heavy atom. The van der Waals surface area contributed by atoms with Crippen molar-refractivity contribution in [2.75, 3.05) is 0 Å². The zero-order valence-corrected chi connectivity index (χ0v) is 10.1. The molecule has 2 rings (SSSR count). The standard InChI is InChI=1S/C15H15N3/c16-18-17-15(11-13-7-3-1-4-8-13)12-14-9-5-2-6-10-14/h1-10,15H,11-12H2. The summed E-state index contributed by atoms with van der Waals surface area (Å²) in [5.41, 5.74) is 11.1. The molecular formula is C15H15N3. The summed E-state index contributed by atoms with van der Waals surface area (Å²) in [7, 11) is 0. The lowest BCUT2D eigenvalue weighted by molar-refractivity contribution is 0.660. The molecule has 0 radical (unpaired) electrons. The Bertz CT molecular complexity index is 474. The van der Waals surface area contributed by atoms with Gasteiger partial charge in [-0.05, 0) is 29.5 Å². The van der Waals surface area contributed by atoms with E-state index in [4.69, 9.17) is 5.53 Å². The molecular weight excluding hydrogens is 222 g/mol. The molecule has 0 spiro atoms. The van der Waals surface area contributed by atoms with Gasteiger partial charge in [-0.1, -0.05) is 65.8 Å². The third-order valence-corrected chi connectivity index (χ3v) is 2.84. The Kier molecular flexibility index (Phi) is 4.39. The SMILES string of the molecule is [N-]=[N+]=NC(Cc1ccccc1)Cc1ccccc1. The topological polar surface area (TPSA) is 48.8 Å². The number of hydrogen-bond donors (Lipinski definition) is 0. The predicted octanol–water partition coefficient (Wildman–Crippen LogP) is 4.15. The second kappa shape index (κ2) is 6.48. The molecule has 0 saturated heterocycles. The largest absolute Gasteiger partial charge is 0.0899 e. The van der Waals surface area contributed by atoms with E-state index in [9.17, 15) is 0 Å². The zero-order valence-electron chi connectivity index (χ0n) is 10.1. The smallest absolute Gasteiger partial charge is 0.0454 e. The van der Waals surface area contributed by atoms with Crippen molar-refractivity contribution in [3.63, 3.8) is 0 Å². The molecule has 0 unspecified atom stereocenters. The van der Waals surface area contributed by atoms with Gasteiger partial charge in [0, 0.05) is 11.0 Å². The van der Waals surface area contributed by atoms with Gasteiger partial charge in [-0.2, -0.15) is 0 Å². The molecule has 0 atom stereocenters. The van der Waals surface area contributed by atoms with Crippen LogP contribution in [0.25, 0.3) is 10.4 Å². The van der Waals surface area contributed by atoms with Gasteiger partial charge in [0.05, 0.1) is 0 Å². The van der Waals surface area contributed by atoms with Gasteiger partial charge < -0.3 is 0 Å². The Balaban J connectivity index is 2.07. The van der Waals surface area contributed by atoms with E-state index in [1.807, 2.05) is 36.4 Å². The van der Waals surface area contributed by atoms with Crippen LogP contribution < -0.4 is 0 Å². The lowest BCUT2D eigenvalue weighted by atomic mass is 10.00. The molecule has 0 bridgehead atoms.